The third kappa shape index (κ3) is 8.83. The highest BCUT2D eigenvalue weighted by atomic mass is 32.2. The summed E-state index contributed by atoms with van der Waals surface area (Å²) < 4.78 is 5.12. The molecule has 1 unspecified atom stereocenters. The van der Waals surface area contributed by atoms with E-state index in [2.05, 4.69) is 16.0 Å². The Labute approximate surface area is 305 Å². The highest BCUT2D eigenvalue weighted by molar-refractivity contribution is 8.00. The van der Waals surface area contributed by atoms with Crippen molar-refractivity contribution in [3.63, 3.8) is 0 Å². The predicted octanol–water partition coefficient (Wildman–Crippen LogP) is 8.60. The molecule has 3 amide bonds. The summed E-state index contributed by atoms with van der Waals surface area (Å²) in [5, 5.41) is 8.60. The maximum absolute atomic E-state index is 14.1. The van der Waals surface area contributed by atoms with Crippen molar-refractivity contribution in [2.24, 2.45) is 0 Å². The Morgan fingerprint density at radius 1 is 0.824 bits per heavy atom. The van der Waals surface area contributed by atoms with Crippen LogP contribution >= 0.6 is 23.1 Å². The van der Waals surface area contributed by atoms with Crippen molar-refractivity contribution in [1.29, 1.82) is 0 Å². The summed E-state index contributed by atoms with van der Waals surface area (Å²) in [4.78, 5) is 55.6. The molecule has 0 aliphatic heterocycles. The van der Waals surface area contributed by atoms with Gasteiger partial charge < -0.3 is 20.7 Å². The second-order valence-corrected chi connectivity index (χ2v) is 14.4. The highest BCUT2D eigenvalue weighted by Crippen LogP contribution is 2.41. The molecule has 0 saturated heterocycles. The molecule has 10 heteroatoms. The quantitative estimate of drug-likeness (QED) is 0.0717. The highest BCUT2D eigenvalue weighted by Gasteiger charge is 2.30. The van der Waals surface area contributed by atoms with Crippen LogP contribution in [0, 0.1) is 6.92 Å². The number of esters is 1. The minimum absolute atomic E-state index is 0.0779. The van der Waals surface area contributed by atoms with Crippen molar-refractivity contribution in [1.82, 2.24) is 5.32 Å². The summed E-state index contributed by atoms with van der Waals surface area (Å²) in [5.74, 6) is -1.64. The Kier molecular flexibility index (Phi) is 11.4. The zero-order valence-corrected chi connectivity index (χ0v) is 29.9. The van der Waals surface area contributed by atoms with E-state index in [-0.39, 0.29) is 11.6 Å². The molecular weight excluding hydrogens is 679 g/mol. The van der Waals surface area contributed by atoms with E-state index in [1.165, 1.54) is 30.2 Å². The minimum Gasteiger partial charge on any atom is -0.465 e. The van der Waals surface area contributed by atoms with E-state index in [1.54, 1.807) is 48.5 Å². The number of nitrogens with one attached hydrogen (secondary N) is 3. The molecule has 4 aromatic carbocycles. The van der Waals surface area contributed by atoms with Gasteiger partial charge in [0.2, 0.25) is 5.91 Å². The van der Waals surface area contributed by atoms with Gasteiger partial charge in [-0.05, 0) is 85.7 Å². The van der Waals surface area contributed by atoms with Crippen LogP contribution in [0.4, 0.5) is 10.7 Å². The molecule has 0 bridgehead atoms. The van der Waals surface area contributed by atoms with Gasteiger partial charge >= 0.3 is 5.97 Å². The maximum atomic E-state index is 14.1. The normalized spacial score (nSPS) is 13.0. The molecule has 1 aromatic heterocycles. The van der Waals surface area contributed by atoms with E-state index >= 15 is 0 Å². The lowest BCUT2D eigenvalue weighted by Gasteiger charge is -2.18. The summed E-state index contributed by atoms with van der Waals surface area (Å²) in [6, 6.07) is 33.0. The minimum atomic E-state index is -0.677. The first-order valence-electron chi connectivity index (χ1n) is 16.6. The van der Waals surface area contributed by atoms with E-state index in [0.29, 0.717) is 21.8 Å². The average molecular weight is 716 g/mol. The van der Waals surface area contributed by atoms with Crippen molar-refractivity contribution in [2.45, 2.75) is 42.8 Å². The van der Waals surface area contributed by atoms with Gasteiger partial charge in [-0.15, -0.1) is 23.1 Å². The van der Waals surface area contributed by atoms with Crippen molar-refractivity contribution < 1.29 is 23.9 Å². The van der Waals surface area contributed by atoms with Gasteiger partial charge in [0.1, 0.15) is 15.9 Å². The van der Waals surface area contributed by atoms with Crippen LogP contribution in [-0.2, 0) is 27.2 Å². The van der Waals surface area contributed by atoms with Crippen LogP contribution in [0.1, 0.15) is 65.9 Å². The van der Waals surface area contributed by atoms with Gasteiger partial charge in [-0.2, -0.15) is 0 Å². The fraction of sp³-hybridized carbons (Fsp3) is 0.171. The standard InChI is InChI=1S/C41H37N3O5S2/c1-26-13-11-14-27(23-26)24-33(43-37(45)29-17-7-4-8-18-29)38(46)42-30-19-12-20-31(25-30)50-36(28-15-5-3-6-16-28)39(47)44-40-35(41(48)49-2)32-21-9-10-22-34(32)51-40/h3-8,11-20,23-25,36H,9-10,21-22H2,1-2H3,(H,42,46)(H,43,45)(H,44,47)/b33-24+. The number of thioether (sulfide) groups is 1. The number of thiophene rings is 1. The molecule has 3 N–H and O–H groups in total. The Hall–Kier alpha value is -5.45. The first-order valence-corrected chi connectivity index (χ1v) is 18.3. The number of fused-ring (bicyclic) bond motifs is 1. The maximum Gasteiger partial charge on any atom is 0.341 e. The number of carbonyl (C=O) groups is 4. The molecule has 51 heavy (non-hydrogen) atoms. The smallest absolute Gasteiger partial charge is 0.341 e. The number of ether oxygens (including phenoxy) is 1. The average Bonchev–Trinajstić information content (AvgIpc) is 3.51. The van der Waals surface area contributed by atoms with Crippen molar-refractivity contribution >= 4 is 63.6 Å². The van der Waals surface area contributed by atoms with Gasteiger partial charge in [0.05, 0.1) is 12.7 Å². The SMILES string of the molecule is COC(=O)c1c(NC(=O)C(Sc2cccc(NC(=O)/C(=C\c3cccc(C)c3)NC(=O)c3ccccc3)c2)c2ccccc2)sc2c1CCCC2. The van der Waals surface area contributed by atoms with E-state index in [1.807, 2.05) is 73.7 Å². The number of amides is 3. The fourth-order valence-electron chi connectivity index (χ4n) is 5.90. The van der Waals surface area contributed by atoms with Crippen LogP contribution in [0.3, 0.4) is 0 Å². The molecule has 1 aliphatic rings. The Bertz CT molecular complexity index is 2090. The van der Waals surface area contributed by atoms with Gasteiger partial charge in [0.15, 0.2) is 0 Å². The van der Waals surface area contributed by atoms with E-state index in [4.69, 9.17) is 4.74 Å². The van der Waals surface area contributed by atoms with Crippen molar-refractivity contribution in [3.8, 4) is 0 Å². The molecule has 0 spiro atoms. The van der Waals surface area contributed by atoms with Gasteiger partial charge in [-0.3, -0.25) is 14.4 Å². The predicted molar refractivity (Wildman–Crippen MR) is 204 cm³/mol. The molecule has 1 heterocycles. The summed E-state index contributed by atoms with van der Waals surface area (Å²) in [7, 11) is 1.35. The van der Waals surface area contributed by atoms with Crippen molar-refractivity contribution in [3.05, 3.63) is 153 Å². The number of carbonyl (C=O) groups excluding carboxylic acids is 4. The largest absolute Gasteiger partial charge is 0.465 e. The van der Waals surface area contributed by atoms with Crippen LogP contribution in [0.2, 0.25) is 0 Å². The van der Waals surface area contributed by atoms with Gasteiger partial charge in [-0.25, -0.2) is 4.79 Å². The zero-order chi connectivity index (χ0) is 35.7. The van der Waals surface area contributed by atoms with E-state index in [0.717, 1.165) is 57.7 Å². The molecule has 0 fully saturated rings. The first kappa shape index (κ1) is 35.4. The Balaban J connectivity index is 1.25. The van der Waals surface area contributed by atoms with Gasteiger partial charge in [0, 0.05) is 21.0 Å². The second-order valence-electron chi connectivity index (χ2n) is 12.1. The van der Waals surface area contributed by atoms with E-state index < -0.39 is 23.0 Å². The van der Waals surface area contributed by atoms with Crippen LogP contribution in [0.5, 0.6) is 0 Å². The number of rotatable bonds is 11. The number of hydrogen-bond donors (Lipinski definition) is 3. The molecule has 0 saturated carbocycles. The lowest BCUT2D eigenvalue weighted by atomic mass is 9.95. The van der Waals surface area contributed by atoms with Crippen LogP contribution in [0.25, 0.3) is 6.08 Å². The molecule has 8 nitrogen and oxygen atoms in total. The Morgan fingerprint density at radius 3 is 2.29 bits per heavy atom. The molecule has 0 radical (unpaired) electrons. The third-order valence-corrected chi connectivity index (χ3v) is 10.8. The van der Waals surface area contributed by atoms with Crippen LogP contribution in [-0.4, -0.2) is 30.8 Å². The molecular formula is C41H37N3O5S2. The fourth-order valence-corrected chi connectivity index (χ4v) is 8.26. The van der Waals surface area contributed by atoms with Crippen LogP contribution < -0.4 is 16.0 Å². The third-order valence-electron chi connectivity index (χ3n) is 8.37. The second kappa shape index (κ2) is 16.5. The zero-order valence-electron chi connectivity index (χ0n) is 28.2. The van der Waals surface area contributed by atoms with Gasteiger partial charge in [-0.1, -0.05) is 84.4 Å². The summed E-state index contributed by atoms with van der Waals surface area (Å²) in [6.45, 7) is 1.96. The molecule has 258 valence electrons. The van der Waals surface area contributed by atoms with E-state index in [9.17, 15) is 19.2 Å². The number of aryl methyl sites for hydroxylation is 2. The van der Waals surface area contributed by atoms with Gasteiger partial charge in [0.25, 0.3) is 11.8 Å². The monoisotopic (exact) mass is 715 g/mol. The summed E-state index contributed by atoms with van der Waals surface area (Å²) in [5.41, 5.74) is 4.95. The number of benzene rings is 4. The molecule has 5 aromatic rings. The lowest BCUT2D eigenvalue weighted by molar-refractivity contribution is -0.116. The number of anilines is 2. The molecule has 1 aliphatic carbocycles. The topological polar surface area (TPSA) is 114 Å². The molecule has 1 atom stereocenters. The van der Waals surface area contributed by atoms with Crippen molar-refractivity contribution in [2.75, 3.05) is 17.7 Å². The number of hydrogen-bond acceptors (Lipinski definition) is 7. The number of methoxy groups -OCH3 is 1. The first-order chi connectivity index (χ1) is 24.8. The van der Waals surface area contributed by atoms with Crippen LogP contribution in [0.15, 0.2) is 120 Å². The Morgan fingerprint density at radius 2 is 1.55 bits per heavy atom. The summed E-state index contributed by atoms with van der Waals surface area (Å²) in [6.07, 6.45) is 5.31. The summed E-state index contributed by atoms with van der Waals surface area (Å²) >= 11 is 2.77. The molecule has 6 rings (SSSR count). The lowest BCUT2D eigenvalue weighted by Crippen LogP contribution is -2.30.